The summed E-state index contributed by atoms with van der Waals surface area (Å²) >= 11 is 0. The van der Waals surface area contributed by atoms with Crippen LogP contribution in [-0.2, 0) is 17.6 Å². The van der Waals surface area contributed by atoms with Crippen LogP contribution in [0, 0.1) is 11.6 Å². The second kappa shape index (κ2) is 12.7. The highest BCUT2D eigenvalue weighted by atomic mass is 19.1. The van der Waals surface area contributed by atoms with Crippen LogP contribution >= 0.6 is 0 Å². The maximum Gasteiger partial charge on any atom is 0.139 e. The number of ether oxygens (including phenoxy) is 1. The molecule has 36 heavy (non-hydrogen) atoms. The van der Waals surface area contributed by atoms with Crippen molar-refractivity contribution in [2.45, 2.75) is 25.7 Å². The van der Waals surface area contributed by atoms with Crippen molar-refractivity contribution in [3.8, 4) is 16.9 Å². The molecule has 0 N–H and O–H groups in total. The molecule has 190 valence electrons. The number of aryl methyl sites for hydroxylation is 1. The highest BCUT2D eigenvalue weighted by molar-refractivity contribution is 5.80. The molecular formula is C29H33F2N3O2. The Balaban J connectivity index is 1.21. The quantitative estimate of drug-likeness (QED) is 0.360. The number of aromatic nitrogens is 1. The molecule has 1 fully saturated rings. The molecule has 0 aliphatic carbocycles. The highest BCUT2D eigenvalue weighted by Crippen LogP contribution is 2.20. The van der Waals surface area contributed by atoms with Gasteiger partial charge >= 0.3 is 0 Å². The minimum Gasteiger partial charge on any atom is -0.493 e. The van der Waals surface area contributed by atoms with Crippen LogP contribution in [0.4, 0.5) is 8.78 Å². The molecule has 3 aromatic rings. The average Bonchev–Trinajstić information content (AvgIpc) is 2.87. The summed E-state index contributed by atoms with van der Waals surface area (Å²) in [5.74, 6) is -0.0935. The highest BCUT2D eigenvalue weighted by Gasteiger charge is 2.13. The fraction of sp³-hybridized carbons (Fsp3) is 0.379. The fourth-order valence-electron chi connectivity index (χ4n) is 4.31. The summed E-state index contributed by atoms with van der Waals surface area (Å²) in [6.07, 6.45) is 3.54. The van der Waals surface area contributed by atoms with Gasteiger partial charge in [0, 0.05) is 69.1 Å². The zero-order valence-corrected chi connectivity index (χ0v) is 20.8. The number of likely N-dealkylation sites (N-methyl/N-ethyl adjacent to an activating group) is 1. The molecule has 7 heteroatoms. The minimum atomic E-state index is -0.355. The van der Waals surface area contributed by atoms with Crippen molar-refractivity contribution in [3.05, 3.63) is 83.7 Å². The molecule has 1 saturated heterocycles. The molecule has 0 amide bonds. The number of hydrogen-bond donors (Lipinski definition) is 0. The first-order valence-corrected chi connectivity index (χ1v) is 12.5. The third-order valence-corrected chi connectivity index (χ3v) is 6.49. The molecule has 0 atom stereocenters. The van der Waals surface area contributed by atoms with E-state index < -0.39 is 0 Å². The number of carbonyl (C=O) groups is 1. The zero-order chi connectivity index (χ0) is 25.3. The van der Waals surface area contributed by atoms with Gasteiger partial charge in [0.05, 0.1) is 6.61 Å². The van der Waals surface area contributed by atoms with Gasteiger partial charge in [-0.2, -0.15) is 0 Å². The van der Waals surface area contributed by atoms with Crippen molar-refractivity contribution in [2.75, 3.05) is 46.4 Å². The lowest BCUT2D eigenvalue weighted by Crippen LogP contribution is -2.44. The van der Waals surface area contributed by atoms with E-state index in [1.165, 1.54) is 24.3 Å². The van der Waals surface area contributed by atoms with E-state index >= 15 is 0 Å². The number of Topliss-reactive ketones (excluding diaryl/α,β-unsaturated/α-hetero) is 1. The number of nitrogens with zero attached hydrogens (tertiary/aromatic N) is 3. The predicted octanol–water partition coefficient (Wildman–Crippen LogP) is 4.79. The Kier molecular flexibility index (Phi) is 9.14. The van der Waals surface area contributed by atoms with E-state index in [1.807, 2.05) is 18.2 Å². The van der Waals surface area contributed by atoms with Crippen LogP contribution in [0.2, 0.25) is 0 Å². The Morgan fingerprint density at radius 3 is 2.42 bits per heavy atom. The van der Waals surface area contributed by atoms with Crippen LogP contribution in [0.25, 0.3) is 11.1 Å². The van der Waals surface area contributed by atoms with Gasteiger partial charge in [-0.25, -0.2) is 8.78 Å². The molecule has 1 aliphatic rings. The van der Waals surface area contributed by atoms with E-state index in [4.69, 9.17) is 4.74 Å². The van der Waals surface area contributed by atoms with Gasteiger partial charge in [-0.05, 0) is 61.3 Å². The lowest BCUT2D eigenvalue weighted by Gasteiger charge is -2.32. The van der Waals surface area contributed by atoms with E-state index in [0.29, 0.717) is 30.9 Å². The van der Waals surface area contributed by atoms with E-state index in [9.17, 15) is 13.6 Å². The first-order chi connectivity index (χ1) is 17.4. The summed E-state index contributed by atoms with van der Waals surface area (Å²) in [7, 11) is 2.14. The van der Waals surface area contributed by atoms with Crippen molar-refractivity contribution in [1.29, 1.82) is 0 Å². The molecule has 0 spiro atoms. The lowest BCUT2D eigenvalue weighted by atomic mass is 10.0. The molecule has 2 heterocycles. The second-order valence-corrected chi connectivity index (χ2v) is 9.40. The molecular weight excluding hydrogens is 460 g/mol. The maximum atomic E-state index is 14.1. The average molecular weight is 494 g/mol. The fourth-order valence-corrected chi connectivity index (χ4v) is 4.31. The minimum absolute atomic E-state index is 0.0379. The molecule has 1 aliphatic heterocycles. The van der Waals surface area contributed by atoms with Crippen LogP contribution in [-0.4, -0.2) is 66.9 Å². The predicted molar refractivity (Wildman–Crippen MR) is 137 cm³/mol. The van der Waals surface area contributed by atoms with Crippen molar-refractivity contribution in [1.82, 2.24) is 14.8 Å². The molecule has 2 aromatic carbocycles. The van der Waals surface area contributed by atoms with E-state index in [1.54, 1.807) is 18.3 Å². The standard InChI is InChI=1S/C29H33F2N3O2/c1-33-12-14-34(15-13-33)11-2-16-36-29-18-22(17-26(31)19-29)3-10-28(35)20-27-9-6-24(21-32-27)23-4-7-25(30)8-5-23/h4-9,17-19,21H,2-3,10-16,20H2,1H3. The monoisotopic (exact) mass is 493 g/mol. The van der Waals surface area contributed by atoms with Gasteiger partial charge in [0.15, 0.2) is 0 Å². The Hall–Kier alpha value is -3.16. The Morgan fingerprint density at radius 2 is 1.69 bits per heavy atom. The molecule has 1 aromatic heterocycles. The van der Waals surface area contributed by atoms with Gasteiger partial charge in [-0.15, -0.1) is 0 Å². The summed E-state index contributed by atoms with van der Waals surface area (Å²) in [5.41, 5.74) is 3.15. The number of ketones is 1. The van der Waals surface area contributed by atoms with Crippen LogP contribution in [0.3, 0.4) is 0 Å². The smallest absolute Gasteiger partial charge is 0.139 e. The third-order valence-electron chi connectivity index (χ3n) is 6.49. The first-order valence-electron chi connectivity index (χ1n) is 12.5. The number of piperazine rings is 1. The molecule has 4 rings (SSSR count). The molecule has 0 bridgehead atoms. The van der Waals surface area contributed by atoms with Crippen LogP contribution in [0.15, 0.2) is 60.8 Å². The topological polar surface area (TPSA) is 45.7 Å². The number of rotatable bonds is 11. The van der Waals surface area contributed by atoms with Gasteiger partial charge in [-0.1, -0.05) is 18.2 Å². The number of halogens is 2. The summed E-state index contributed by atoms with van der Waals surface area (Å²) in [6, 6.07) is 14.6. The largest absolute Gasteiger partial charge is 0.493 e. The van der Waals surface area contributed by atoms with Gasteiger partial charge < -0.3 is 14.5 Å². The van der Waals surface area contributed by atoms with Crippen molar-refractivity contribution in [3.63, 3.8) is 0 Å². The van der Waals surface area contributed by atoms with Crippen molar-refractivity contribution in [2.24, 2.45) is 0 Å². The maximum absolute atomic E-state index is 14.1. The molecule has 0 saturated carbocycles. The summed E-state index contributed by atoms with van der Waals surface area (Å²) < 4.78 is 33.0. The van der Waals surface area contributed by atoms with Gasteiger partial charge in [0.1, 0.15) is 23.2 Å². The van der Waals surface area contributed by atoms with Crippen LogP contribution in [0.5, 0.6) is 5.75 Å². The number of carbonyl (C=O) groups excluding carboxylic acids is 1. The zero-order valence-electron chi connectivity index (χ0n) is 20.8. The first kappa shape index (κ1) is 25.9. The van der Waals surface area contributed by atoms with Crippen LogP contribution in [0.1, 0.15) is 24.1 Å². The Labute approximate surface area is 211 Å². The van der Waals surface area contributed by atoms with E-state index in [-0.39, 0.29) is 23.8 Å². The summed E-state index contributed by atoms with van der Waals surface area (Å²) in [6.45, 7) is 5.83. The van der Waals surface area contributed by atoms with Crippen molar-refractivity contribution < 1.29 is 18.3 Å². The van der Waals surface area contributed by atoms with Crippen LogP contribution < -0.4 is 4.74 Å². The van der Waals surface area contributed by atoms with Gasteiger partial charge in [-0.3, -0.25) is 9.78 Å². The number of pyridine rings is 1. The SMILES string of the molecule is CN1CCN(CCCOc2cc(F)cc(CCC(=O)Cc3ccc(-c4ccc(F)cc4)cn3)c2)CC1. The third kappa shape index (κ3) is 7.93. The molecule has 0 unspecified atom stereocenters. The molecule has 5 nitrogen and oxygen atoms in total. The number of hydrogen-bond acceptors (Lipinski definition) is 5. The second-order valence-electron chi connectivity index (χ2n) is 9.40. The van der Waals surface area contributed by atoms with Gasteiger partial charge in [0.2, 0.25) is 0 Å². The summed E-state index contributed by atoms with van der Waals surface area (Å²) in [4.78, 5) is 21.7. The Bertz CT molecular complexity index is 1130. The number of benzene rings is 2. The summed E-state index contributed by atoms with van der Waals surface area (Å²) in [5, 5.41) is 0. The van der Waals surface area contributed by atoms with E-state index in [0.717, 1.165) is 55.8 Å². The Morgan fingerprint density at radius 1 is 0.944 bits per heavy atom. The lowest BCUT2D eigenvalue weighted by molar-refractivity contribution is -0.118. The van der Waals surface area contributed by atoms with E-state index in [2.05, 4.69) is 21.8 Å². The van der Waals surface area contributed by atoms with Crippen molar-refractivity contribution >= 4 is 5.78 Å². The van der Waals surface area contributed by atoms with Gasteiger partial charge in [0.25, 0.3) is 0 Å². The molecule has 0 radical (unpaired) electrons. The normalized spacial score (nSPS) is 14.6.